The smallest absolute Gasteiger partial charge is 0.319 e. The Labute approximate surface area is 141 Å². The van der Waals surface area contributed by atoms with E-state index in [9.17, 15) is 4.79 Å². The molecule has 0 fully saturated rings. The number of amides is 2. The second-order valence-electron chi connectivity index (χ2n) is 5.15. The van der Waals surface area contributed by atoms with Crippen LogP contribution in [0, 0.1) is 6.92 Å². The van der Waals surface area contributed by atoms with Crippen LogP contribution < -0.4 is 15.4 Å². The van der Waals surface area contributed by atoms with Crippen molar-refractivity contribution in [3.8, 4) is 5.75 Å². The number of carbonyl (C=O) groups is 1. The van der Waals surface area contributed by atoms with Gasteiger partial charge in [0.25, 0.3) is 0 Å². The molecular weight excluding hydrogens is 308 g/mol. The van der Waals surface area contributed by atoms with E-state index in [1.807, 2.05) is 18.2 Å². The average Bonchev–Trinajstić information content (AvgIpc) is 2.56. The van der Waals surface area contributed by atoms with Crippen LogP contribution in [0.4, 0.5) is 10.5 Å². The molecule has 2 aromatic rings. The first-order valence-corrected chi connectivity index (χ1v) is 8.65. The highest BCUT2D eigenvalue weighted by molar-refractivity contribution is 7.98. The van der Waals surface area contributed by atoms with Crippen molar-refractivity contribution >= 4 is 23.5 Å². The summed E-state index contributed by atoms with van der Waals surface area (Å²) in [4.78, 5) is 11.8. The lowest BCUT2D eigenvalue weighted by molar-refractivity contribution is 0.252. The quantitative estimate of drug-likeness (QED) is 0.753. The van der Waals surface area contributed by atoms with Gasteiger partial charge < -0.3 is 15.4 Å². The fourth-order valence-corrected chi connectivity index (χ4v) is 2.81. The Hall–Kier alpha value is -2.14. The first-order valence-electron chi connectivity index (χ1n) is 7.49. The van der Waals surface area contributed by atoms with Crippen LogP contribution in [0.5, 0.6) is 5.75 Å². The number of methoxy groups -OCH3 is 1. The first-order chi connectivity index (χ1) is 11.2. The third-order valence-electron chi connectivity index (χ3n) is 3.25. The number of urea groups is 1. The van der Waals surface area contributed by atoms with Gasteiger partial charge >= 0.3 is 6.03 Å². The van der Waals surface area contributed by atoms with Crippen LogP contribution in [0.2, 0.25) is 0 Å². The number of benzene rings is 2. The standard InChI is InChI=1S/C18H22N2O2S/c1-14-6-8-15(9-7-14)13-23-11-10-19-18(21)20-16-4-3-5-17(12-16)22-2/h3-9,12H,10-11,13H2,1-2H3,(H2,19,20,21). The largest absolute Gasteiger partial charge is 0.497 e. The van der Waals surface area contributed by atoms with Gasteiger partial charge in [0.15, 0.2) is 0 Å². The van der Waals surface area contributed by atoms with Crippen LogP contribution in [0.1, 0.15) is 11.1 Å². The molecule has 0 saturated carbocycles. The first kappa shape index (κ1) is 17.2. The molecule has 122 valence electrons. The van der Waals surface area contributed by atoms with Gasteiger partial charge in [-0.05, 0) is 24.6 Å². The maximum atomic E-state index is 11.8. The van der Waals surface area contributed by atoms with Crippen molar-refractivity contribution in [1.29, 1.82) is 0 Å². The van der Waals surface area contributed by atoms with Crippen molar-refractivity contribution in [2.75, 3.05) is 24.7 Å². The van der Waals surface area contributed by atoms with Crippen molar-refractivity contribution in [1.82, 2.24) is 5.32 Å². The highest BCUT2D eigenvalue weighted by atomic mass is 32.2. The van der Waals surface area contributed by atoms with Gasteiger partial charge in [-0.15, -0.1) is 0 Å². The molecule has 0 unspecified atom stereocenters. The third kappa shape index (κ3) is 6.24. The van der Waals surface area contributed by atoms with Gasteiger partial charge in [-0.25, -0.2) is 4.79 Å². The zero-order valence-electron chi connectivity index (χ0n) is 13.5. The van der Waals surface area contributed by atoms with E-state index < -0.39 is 0 Å². The summed E-state index contributed by atoms with van der Waals surface area (Å²) in [6, 6.07) is 15.6. The third-order valence-corrected chi connectivity index (χ3v) is 4.28. The molecule has 0 atom stereocenters. The molecule has 0 aliphatic rings. The van der Waals surface area contributed by atoms with E-state index in [0.717, 1.165) is 17.3 Å². The zero-order valence-corrected chi connectivity index (χ0v) is 14.3. The van der Waals surface area contributed by atoms with E-state index >= 15 is 0 Å². The number of rotatable bonds is 7. The van der Waals surface area contributed by atoms with Crippen LogP contribution in [0.15, 0.2) is 48.5 Å². The van der Waals surface area contributed by atoms with Gasteiger partial charge in [0, 0.05) is 29.8 Å². The number of hydrogen-bond acceptors (Lipinski definition) is 3. The van der Waals surface area contributed by atoms with E-state index in [1.165, 1.54) is 11.1 Å². The predicted molar refractivity (Wildman–Crippen MR) is 97.4 cm³/mol. The lowest BCUT2D eigenvalue weighted by Gasteiger charge is -2.08. The second kappa shape index (κ2) is 9.10. The zero-order chi connectivity index (χ0) is 16.5. The number of ether oxygens (including phenoxy) is 1. The van der Waals surface area contributed by atoms with Gasteiger partial charge in [0.1, 0.15) is 5.75 Å². The summed E-state index contributed by atoms with van der Waals surface area (Å²) >= 11 is 1.80. The van der Waals surface area contributed by atoms with Crippen LogP contribution in [-0.2, 0) is 5.75 Å². The number of anilines is 1. The Morgan fingerprint density at radius 3 is 2.70 bits per heavy atom. The Morgan fingerprint density at radius 2 is 1.96 bits per heavy atom. The van der Waals surface area contributed by atoms with Crippen LogP contribution in [0.25, 0.3) is 0 Å². The molecule has 0 bridgehead atoms. The van der Waals surface area contributed by atoms with Gasteiger partial charge in [0.2, 0.25) is 0 Å². The van der Waals surface area contributed by atoms with E-state index in [0.29, 0.717) is 12.2 Å². The van der Waals surface area contributed by atoms with E-state index in [-0.39, 0.29) is 6.03 Å². The monoisotopic (exact) mass is 330 g/mol. The minimum absolute atomic E-state index is 0.200. The average molecular weight is 330 g/mol. The molecule has 4 nitrogen and oxygen atoms in total. The number of thioether (sulfide) groups is 1. The van der Waals surface area contributed by atoms with Crippen molar-refractivity contribution in [3.05, 3.63) is 59.7 Å². The highest BCUT2D eigenvalue weighted by Crippen LogP contribution is 2.16. The summed E-state index contributed by atoms with van der Waals surface area (Å²) in [7, 11) is 1.60. The molecule has 0 spiro atoms. The predicted octanol–water partition coefficient (Wildman–Crippen LogP) is 4.06. The molecule has 23 heavy (non-hydrogen) atoms. The van der Waals surface area contributed by atoms with E-state index in [4.69, 9.17) is 4.74 Å². The van der Waals surface area contributed by atoms with Crippen LogP contribution in [-0.4, -0.2) is 25.4 Å². The summed E-state index contributed by atoms with van der Waals surface area (Å²) in [5.74, 6) is 2.55. The van der Waals surface area contributed by atoms with E-state index in [2.05, 4.69) is 41.8 Å². The van der Waals surface area contributed by atoms with Gasteiger partial charge in [-0.3, -0.25) is 0 Å². The lowest BCUT2D eigenvalue weighted by Crippen LogP contribution is -2.30. The maximum absolute atomic E-state index is 11.8. The number of carbonyl (C=O) groups excluding carboxylic acids is 1. The summed E-state index contributed by atoms with van der Waals surface area (Å²) in [5.41, 5.74) is 3.30. The molecule has 0 aliphatic carbocycles. The van der Waals surface area contributed by atoms with Crippen molar-refractivity contribution in [2.45, 2.75) is 12.7 Å². The number of nitrogens with one attached hydrogen (secondary N) is 2. The molecule has 0 saturated heterocycles. The SMILES string of the molecule is COc1cccc(NC(=O)NCCSCc2ccc(C)cc2)c1. The second-order valence-corrected chi connectivity index (χ2v) is 6.26. The van der Waals surface area contributed by atoms with Crippen molar-refractivity contribution in [3.63, 3.8) is 0 Å². The van der Waals surface area contributed by atoms with Gasteiger partial charge in [-0.2, -0.15) is 11.8 Å². The summed E-state index contributed by atoms with van der Waals surface area (Å²) in [6.07, 6.45) is 0. The molecule has 5 heteroatoms. The minimum Gasteiger partial charge on any atom is -0.497 e. The molecule has 0 aromatic heterocycles. The Balaban J connectivity index is 1.63. The normalized spacial score (nSPS) is 10.2. The number of hydrogen-bond donors (Lipinski definition) is 2. The van der Waals surface area contributed by atoms with Gasteiger partial charge in [-0.1, -0.05) is 35.9 Å². The van der Waals surface area contributed by atoms with Crippen molar-refractivity contribution in [2.24, 2.45) is 0 Å². The topological polar surface area (TPSA) is 50.4 Å². The molecule has 2 N–H and O–H groups in total. The Kier molecular flexibility index (Phi) is 6.81. The Morgan fingerprint density at radius 1 is 1.17 bits per heavy atom. The van der Waals surface area contributed by atoms with Gasteiger partial charge in [0.05, 0.1) is 7.11 Å². The molecule has 0 aliphatic heterocycles. The summed E-state index contributed by atoms with van der Waals surface area (Å²) in [5, 5.41) is 5.64. The summed E-state index contributed by atoms with van der Waals surface area (Å²) < 4.78 is 5.12. The Bertz CT molecular complexity index is 629. The lowest BCUT2D eigenvalue weighted by atomic mass is 10.2. The van der Waals surface area contributed by atoms with Crippen LogP contribution >= 0.6 is 11.8 Å². The minimum atomic E-state index is -0.200. The highest BCUT2D eigenvalue weighted by Gasteiger charge is 2.02. The van der Waals surface area contributed by atoms with E-state index in [1.54, 1.807) is 24.9 Å². The molecule has 2 amide bonds. The molecular formula is C18H22N2O2S. The van der Waals surface area contributed by atoms with Crippen LogP contribution in [0.3, 0.4) is 0 Å². The molecule has 0 radical (unpaired) electrons. The maximum Gasteiger partial charge on any atom is 0.319 e. The molecule has 2 rings (SSSR count). The summed E-state index contributed by atoms with van der Waals surface area (Å²) in [6.45, 7) is 2.72. The number of aryl methyl sites for hydroxylation is 1. The van der Waals surface area contributed by atoms with Crippen molar-refractivity contribution < 1.29 is 9.53 Å². The molecule has 2 aromatic carbocycles. The molecule has 0 heterocycles. The fourth-order valence-electron chi connectivity index (χ4n) is 1.99. The fraction of sp³-hybridized carbons (Fsp3) is 0.278.